The number of esters is 1. The van der Waals surface area contributed by atoms with Crippen molar-refractivity contribution >= 4 is 27.9 Å². The van der Waals surface area contributed by atoms with E-state index >= 15 is 0 Å². The predicted octanol–water partition coefficient (Wildman–Crippen LogP) is 2.74. The van der Waals surface area contributed by atoms with Crippen molar-refractivity contribution < 1.29 is 36.6 Å². The first-order valence-electron chi connectivity index (χ1n) is 10.8. The molecule has 3 rings (SSSR count). The first kappa shape index (κ1) is 24.9. The number of amides is 1. The van der Waals surface area contributed by atoms with E-state index in [1.165, 1.54) is 12.0 Å². The molecule has 1 amide bonds. The third kappa shape index (κ3) is 5.80. The number of nitro benzene ring substituents is 1. The van der Waals surface area contributed by atoms with Gasteiger partial charge >= 0.3 is 12.1 Å². The van der Waals surface area contributed by atoms with Crippen LogP contribution in [0.3, 0.4) is 0 Å². The Bertz CT molecular complexity index is 980. The Morgan fingerprint density at radius 2 is 1.85 bits per heavy atom. The monoisotopic (exact) mass is 484 g/mol. The van der Waals surface area contributed by atoms with Crippen molar-refractivity contribution in [3.8, 4) is 0 Å². The predicted molar refractivity (Wildman–Crippen MR) is 115 cm³/mol. The van der Waals surface area contributed by atoms with Crippen molar-refractivity contribution in [1.82, 2.24) is 4.90 Å². The molecule has 0 N–H and O–H groups in total. The van der Waals surface area contributed by atoms with Gasteiger partial charge in [0.25, 0.3) is 15.8 Å². The van der Waals surface area contributed by atoms with Crippen molar-refractivity contribution in [2.24, 2.45) is 17.8 Å². The molecule has 1 heterocycles. The van der Waals surface area contributed by atoms with Crippen LogP contribution in [0.4, 0.5) is 10.5 Å². The standard InChI is InChI=1S/C21H28N2O9S/c1-3-31-20(24)19-11-16-10-14(4-5-15(16)12-22(19)21(25)30-2)13-32-33(28,29)18-8-6-17(7-9-18)23(26)27/h6-9,14-16,19H,3-5,10-13H2,1-2H3. The zero-order valence-electron chi connectivity index (χ0n) is 18.5. The molecule has 1 saturated carbocycles. The summed E-state index contributed by atoms with van der Waals surface area (Å²) in [4.78, 5) is 36.1. The smallest absolute Gasteiger partial charge is 0.410 e. The minimum atomic E-state index is -4.05. The van der Waals surface area contributed by atoms with Crippen LogP contribution in [0.15, 0.2) is 29.2 Å². The summed E-state index contributed by atoms with van der Waals surface area (Å²) in [7, 11) is -2.78. The van der Waals surface area contributed by atoms with Crippen LogP contribution >= 0.6 is 0 Å². The van der Waals surface area contributed by atoms with Crippen molar-refractivity contribution in [2.75, 3.05) is 26.9 Å². The number of ether oxygens (including phenoxy) is 2. The molecule has 1 aromatic carbocycles. The van der Waals surface area contributed by atoms with Crippen LogP contribution < -0.4 is 0 Å². The highest BCUT2D eigenvalue weighted by atomic mass is 32.2. The van der Waals surface area contributed by atoms with Gasteiger partial charge in [0, 0.05) is 18.7 Å². The SMILES string of the molecule is CCOC(=O)C1CC2CC(COS(=O)(=O)c3ccc([N+](=O)[O-])cc3)CCC2CN1C(=O)OC. The average Bonchev–Trinajstić information content (AvgIpc) is 2.81. The minimum absolute atomic E-state index is 0.0205. The highest BCUT2D eigenvalue weighted by molar-refractivity contribution is 7.86. The number of piperidine rings is 1. The fraction of sp³-hybridized carbons (Fsp3) is 0.619. The van der Waals surface area contributed by atoms with E-state index in [-0.39, 0.29) is 41.6 Å². The van der Waals surface area contributed by atoms with E-state index in [2.05, 4.69) is 0 Å². The van der Waals surface area contributed by atoms with Crippen LogP contribution in [0.1, 0.15) is 32.6 Å². The largest absolute Gasteiger partial charge is 0.464 e. The van der Waals surface area contributed by atoms with E-state index in [9.17, 15) is 28.1 Å². The molecule has 1 aliphatic heterocycles. The fourth-order valence-electron chi connectivity index (χ4n) is 4.67. The normalized spacial score (nSPS) is 25.1. The van der Waals surface area contributed by atoms with E-state index in [1.54, 1.807) is 6.92 Å². The summed E-state index contributed by atoms with van der Waals surface area (Å²) in [6.07, 6.45) is 2.00. The maximum Gasteiger partial charge on any atom is 0.410 e. The lowest BCUT2D eigenvalue weighted by atomic mass is 9.69. The number of carbonyl (C=O) groups is 2. The molecule has 182 valence electrons. The van der Waals surface area contributed by atoms with Gasteiger partial charge in [-0.15, -0.1) is 0 Å². The molecule has 1 aliphatic carbocycles. The molecule has 2 aliphatic rings. The molecule has 12 heteroatoms. The molecule has 33 heavy (non-hydrogen) atoms. The van der Waals surface area contributed by atoms with E-state index in [1.807, 2.05) is 0 Å². The lowest BCUT2D eigenvalue weighted by Gasteiger charge is -2.46. The summed E-state index contributed by atoms with van der Waals surface area (Å²) >= 11 is 0. The summed E-state index contributed by atoms with van der Waals surface area (Å²) in [5, 5.41) is 10.8. The summed E-state index contributed by atoms with van der Waals surface area (Å²) in [6.45, 7) is 2.27. The number of hydrogen-bond acceptors (Lipinski definition) is 9. The number of likely N-dealkylation sites (tertiary alicyclic amines) is 1. The van der Waals surface area contributed by atoms with Crippen molar-refractivity contribution in [3.05, 3.63) is 34.4 Å². The number of non-ortho nitro benzene ring substituents is 1. The van der Waals surface area contributed by atoms with Gasteiger partial charge in [0.2, 0.25) is 0 Å². The lowest BCUT2D eigenvalue weighted by Crippen LogP contribution is -2.55. The van der Waals surface area contributed by atoms with Gasteiger partial charge in [-0.25, -0.2) is 9.59 Å². The molecular weight excluding hydrogens is 456 g/mol. The number of hydrogen-bond donors (Lipinski definition) is 0. The Morgan fingerprint density at radius 3 is 2.45 bits per heavy atom. The molecule has 4 atom stereocenters. The maximum absolute atomic E-state index is 12.5. The highest BCUT2D eigenvalue weighted by Crippen LogP contribution is 2.42. The second-order valence-corrected chi connectivity index (χ2v) is 9.93. The highest BCUT2D eigenvalue weighted by Gasteiger charge is 2.44. The lowest BCUT2D eigenvalue weighted by molar-refractivity contribution is -0.384. The molecule has 4 unspecified atom stereocenters. The molecule has 2 fully saturated rings. The van der Waals surface area contributed by atoms with Crippen LogP contribution in [0.5, 0.6) is 0 Å². The Kier molecular flexibility index (Phi) is 7.90. The molecule has 1 aromatic rings. The first-order chi connectivity index (χ1) is 15.7. The summed E-state index contributed by atoms with van der Waals surface area (Å²) in [6, 6.07) is 3.80. The third-order valence-corrected chi connectivity index (χ3v) is 7.64. The second kappa shape index (κ2) is 10.5. The molecular formula is C21H28N2O9S. The summed E-state index contributed by atoms with van der Waals surface area (Å²) in [5.74, 6) is -0.214. The number of fused-ring (bicyclic) bond motifs is 1. The zero-order chi connectivity index (χ0) is 24.2. The Balaban J connectivity index is 1.63. The van der Waals surface area contributed by atoms with Crippen LogP contribution in [-0.2, 0) is 28.6 Å². The number of nitro groups is 1. The van der Waals surface area contributed by atoms with E-state index < -0.39 is 33.1 Å². The Morgan fingerprint density at radius 1 is 1.15 bits per heavy atom. The van der Waals surface area contributed by atoms with Gasteiger partial charge in [-0.05, 0) is 62.5 Å². The molecule has 0 spiro atoms. The molecule has 0 bridgehead atoms. The van der Waals surface area contributed by atoms with Gasteiger partial charge < -0.3 is 9.47 Å². The van der Waals surface area contributed by atoms with Crippen LogP contribution in [-0.4, -0.2) is 63.2 Å². The Hall–Kier alpha value is -2.73. The quantitative estimate of drug-likeness (QED) is 0.247. The van der Waals surface area contributed by atoms with Crippen molar-refractivity contribution in [3.63, 3.8) is 0 Å². The molecule has 1 saturated heterocycles. The third-order valence-electron chi connectivity index (χ3n) is 6.34. The van der Waals surface area contributed by atoms with Crippen molar-refractivity contribution in [2.45, 2.75) is 43.5 Å². The number of methoxy groups -OCH3 is 1. The topological polar surface area (TPSA) is 142 Å². The zero-order valence-corrected chi connectivity index (χ0v) is 19.4. The van der Waals surface area contributed by atoms with E-state index in [0.717, 1.165) is 37.1 Å². The summed E-state index contributed by atoms with van der Waals surface area (Å²) in [5.41, 5.74) is -0.207. The van der Waals surface area contributed by atoms with Crippen LogP contribution in [0.2, 0.25) is 0 Å². The van der Waals surface area contributed by atoms with E-state index in [4.69, 9.17) is 13.7 Å². The minimum Gasteiger partial charge on any atom is -0.464 e. The van der Waals surface area contributed by atoms with Crippen LogP contribution in [0, 0.1) is 27.9 Å². The number of rotatable bonds is 7. The van der Waals surface area contributed by atoms with Gasteiger partial charge in [0.05, 0.1) is 30.1 Å². The van der Waals surface area contributed by atoms with Crippen molar-refractivity contribution in [1.29, 1.82) is 0 Å². The fourth-order valence-corrected chi connectivity index (χ4v) is 5.64. The molecule has 0 aromatic heterocycles. The average molecular weight is 485 g/mol. The van der Waals surface area contributed by atoms with Gasteiger partial charge in [0.1, 0.15) is 6.04 Å². The molecule has 0 radical (unpaired) electrons. The van der Waals surface area contributed by atoms with E-state index in [0.29, 0.717) is 19.4 Å². The molecule has 11 nitrogen and oxygen atoms in total. The van der Waals surface area contributed by atoms with Gasteiger partial charge in [-0.1, -0.05) is 0 Å². The maximum atomic E-state index is 12.5. The number of carbonyl (C=O) groups excluding carboxylic acids is 2. The van der Waals surface area contributed by atoms with Crippen LogP contribution in [0.25, 0.3) is 0 Å². The van der Waals surface area contributed by atoms with Gasteiger partial charge in [-0.2, -0.15) is 8.42 Å². The number of nitrogens with zero attached hydrogens (tertiary/aromatic N) is 2. The number of benzene rings is 1. The first-order valence-corrected chi connectivity index (χ1v) is 12.2. The van der Waals surface area contributed by atoms with Gasteiger partial charge in [0.15, 0.2) is 0 Å². The Labute approximate surface area is 192 Å². The van der Waals surface area contributed by atoms with Gasteiger partial charge in [-0.3, -0.25) is 19.2 Å². The second-order valence-electron chi connectivity index (χ2n) is 8.31. The summed E-state index contributed by atoms with van der Waals surface area (Å²) < 4.78 is 40.2.